The van der Waals surface area contributed by atoms with Gasteiger partial charge in [0.25, 0.3) is 0 Å². The van der Waals surface area contributed by atoms with Crippen molar-refractivity contribution in [3.8, 4) is 0 Å². The molecular formula is C25H33N3O. The largest absolute Gasteiger partial charge is 0.361 e. The van der Waals surface area contributed by atoms with Crippen molar-refractivity contribution in [2.24, 2.45) is 0 Å². The minimum Gasteiger partial charge on any atom is -0.361 e. The molecule has 4 nitrogen and oxygen atoms in total. The Labute approximate surface area is 174 Å². The van der Waals surface area contributed by atoms with Gasteiger partial charge in [0, 0.05) is 36.1 Å². The number of carbonyl (C=O) groups is 1. The lowest BCUT2D eigenvalue weighted by atomic mass is 10.0. The van der Waals surface area contributed by atoms with Gasteiger partial charge in [0.2, 0.25) is 5.91 Å². The van der Waals surface area contributed by atoms with Crippen molar-refractivity contribution < 1.29 is 4.79 Å². The Bertz CT molecular complexity index is 883. The molecule has 1 aromatic heterocycles. The average Bonchev–Trinajstić information content (AvgIpc) is 3.16. The molecule has 3 aromatic rings. The van der Waals surface area contributed by atoms with Crippen LogP contribution in [0.2, 0.25) is 0 Å². The van der Waals surface area contributed by atoms with E-state index in [4.69, 9.17) is 0 Å². The molecule has 1 amide bonds. The molecule has 0 aliphatic carbocycles. The normalized spacial score (nSPS) is 12.4. The quantitative estimate of drug-likeness (QED) is 0.503. The summed E-state index contributed by atoms with van der Waals surface area (Å²) in [6.07, 6.45) is 5.37. The van der Waals surface area contributed by atoms with E-state index in [-0.39, 0.29) is 5.91 Å². The van der Waals surface area contributed by atoms with Gasteiger partial charge in [-0.3, -0.25) is 9.69 Å². The monoisotopic (exact) mass is 391 g/mol. The number of likely N-dealkylation sites (N-methyl/N-ethyl adjacent to an activating group) is 1. The number of hydrogen-bond acceptors (Lipinski definition) is 2. The molecular weight excluding hydrogens is 358 g/mol. The lowest BCUT2D eigenvalue weighted by Gasteiger charge is -2.30. The van der Waals surface area contributed by atoms with E-state index in [0.29, 0.717) is 19.0 Å². The second-order valence-corrected chi connectivity index (χ2v) is 7.58. The first-order valence-electron chi connectivity index (χ1n) is 10.8. The summed E-state index contributed by atoms with van der Waals surface area (Å²) in [6, 6.07) is 19.2. The number of carbonyl (C=O) groups excluding carboxylic acids is 1. The molecule has 0 bridgehead atoms. The Morgan fingerprint density at radius 1 is 1.03 bits per heavy atom. The number of nitrogens with one attached hydrogen (secondary N) is 2. The Morgan fingerprint density at radius 2 is 1.76 bits per heavy atom. The number of amides is 1. The highest BCUT2D eigenvalue weighted by Crippen LogP contribution is 2.19. The number of para-hydroxylation sites is 1. The Hall–Kier alpha value is -2.59. The Kier molecular flexibility index (Phi) is 7.88. The van der Waals surface area contributed by atoms with Crippen LogP contribution in [-0.2, 0) is 17.6 Å². The first kappa shape index (κ1) is 21.1. The van der Waals surface area contributed by atoms with E-state index in [1.165, 1.54) is 16.5 Å². The van der Waals surface area contributed by atoms with Gasteiger partial charge >= 0.3 is 0 Å². The molecule has 0 fully saturated rings. The zero-order chi connectivity index (χ0) is 20.5. The molecule has 0 aliphatic rings. The standard InChI is InChI=1S/C25H33N3O/c1-3-28(4-2)22(17-20-11-6-5-7-12-20)19-27-25(29)16-10-13-21-18-26-24-15-9-8-14-23(21)24/h5-9,11-12,14-15,18,22,26H,3-4,10,13,16-17,19H2,1-2H3,(H,27,29). The third-order valence-electron chi connectivity index (χ3n) is 5.70. The van der Waals surface area contributed by atoms with Crippen LogP contribution in [0.25, 0.3) is 10.9 Å². The lowest BCUT2D eigenvalue weighted by molar-refractivity contribution is -0.121. The van der Waals surface area contributed by atoms with E-state index in [9.17, 15) is 4.79 Å². The van der Waals surface area contributed by atoms with Crippen molar-refractivity contribution in [3.05, 3.63) is 71.9 Å². The number of aryl methyl sites for hydroxylation is 1. The Balaban J connectivity index is 1.48. The summed E-state index contributed by atoms with van der Waals surface area (Å²) in [5, 5.41) is 4.44. The molecule has 154 valence electrons. The summed E-state index contributed by atoms with van der Waals surface area (Å²) in [5.74, 6) is 0.148. The second-order valence-electron chi connectivity index (χ2n) is 7.58. The van der Waals surface area contributed by atoms with Crippen LogP contribution in [0.15, 0.2) is 60.8 Å². The number of H-pyrrole nitrogens is 1. The van der Waals surface area contributed by atoms with Crippen molar-refractivity contribution in [3.63, 3.8) is 0 Å². The van der Waals surface area contributed by atoms with E-state index in [1.54, 1.807) is 0 Å². The minimum atomic E-state index is 0.148. The number of hydrogen-bond donors (Lipinski definition) is 2. The van der Waals surface area contributed by atoms with Crippen molar-refractivity contribution in [2.45, 2.75) is 45.6 Å². The number of nitrogens with zero attached hydrogens (tertiary/aromatic N) is 1. The summed E-state index contributed by atoms with van der Waals surface area (Å²) in [4.78, 5) is 18.2. The summed E-state index contributed by atoms with van der Waals surface area (Å²) in [6.45, 7) is 7.05. The van der Waals surface area contributed by atoms with Gasteiger partial charge in [0.1, 0.15) is 0 Å². The van der Waals surface area contributed by atoms with Gasteiger partial charge in [0.15, 0.2) is 0 Å². The van der Waals surface area contributed by atoms with Crippen LogP contribution in [0, 0.1) is 0 Å². The fourth-order valence-electron chi connectivity index (χ4n) is 4.05. The van der Waals surface area contributed by atoms with Crippen LogP contribution in [0.3, 0.4) is 0 Å². The zero-order valence-corrected chi connectivity index (χ0v) is 17.7. The molecule has 0 spiro atoms. The number of rotatable bonds is 11. The predicted molar refractivity (Wildman–Crippen MR) is 121 cm³/mol. The average molecular weight is 392 g/mol. The molecule has 2 N–H and O–H groups in total. The van der Waals surface area contributed by atoms with Gasteiger partial charge in [0.05, 0.1) is 0 Å². The summed E-state index contributed by atoms with van der Waals surface area (Å²) >= 11 is 0. The predicted octanol–water partition coefficient (Wildman–Crippen LogP) is 4.56. The zero-order valence-electron chi connectivity index (χ0n) is 17.7. The van der Waals surface area contributed by atoms with Crippen LogP contribution >= 0.6 is 0 Å². The number of fused-ring (bicyclic) bond motifs is 1. The molecule has 1 unspecified atom stereocenters. The molecule has 0 saturated heterocycles. The van der Waals surface area contributed by atoms with Crippen molar-refractivity contribution in [2.75, 3.05) is 19.6 Å². The fraction of sp³-hybridized carbons (Fsp3) is 0.400. The number of aromatic amines is 1. The van der Waals surface area contributed by atoms with E-state index in [1.807, 2.05) is 12.1 Å². The topological polar surface area (TPSA) is 48.1 Å². The fourth-order valence-corrected chi connectivity index (χ4v) is 4.05. The highest BCUT2D eigenvalue weighted by atomic mass is 16.1. The van der Waals surface area contributed by atoms with Crippen LogP contribution in [0.5, 0.6) is 0 Å². The molecule has 0 saturated carbocycles. The summed E-state index contributed by atoms with van der Waals surface area (Å²) in [7, 11) is 0. The molecule has 1 heterocycles. The maximum atomic E-state index is 12.5. The molecule has 29 heavy (non-hydrogen) atoms. The van der Waals surface area contributed by atoms with E-state index < -0.39 is 0 Å². The lowest BCUT2D eigenvalue weighted by Crippen LogP contribution is -2.45. The van der Waals surface area contributed by atoms with Gasteiger partial charge in [-0.1, -0.05) is 62.4 Å². The second kappa shape index (κ2) is 10.8. The van der Waals surface area contributed by atoms with E-state index in [2.05, 4.69) is 77.7 Å². The van der Waals surface area contributed by atoms with Crippen LogP contribution in [0.4, 0.5) is 0 Å². The molecule has 0 aliphatic heterocycles. The maximum absolute atomic E-state index is 12.5. The SMILES string of the molecule is CCN(CC)C(CNC(=O)CCCc1c[nH]c2ccccc12)Cc1ccccc1. The Morgan fingerprint density at radius 3 is 2.52 bits per heavy atom. The number of aromatic nitrogens is 1. The molecule has 1 atom stereocenters. The van der Waals surface area contributed by atoms with Crippen LogP contribution in [0.1, 0.15) is 37.8 Å². The molecule has 3 rings (SSSR count). The first-order valence-corrected chi connectivity index (χ1v) is 10.8. The van der Waals surface area contributed by atoms with Crippen LogP contribution in [-0.4, -0.2) is 41.5 Å². The first-order chi connectivity index (χ1) is 14.2. The summed E-state index contributed by atoms with van der Waals surface area (Å²) < 4.78 is 0. The van der Waals surface area contributed by atoms with Gasteiger partial charge < -0.3 is 10.3 Å². The maximum Gasteiger partial charge on any atom is 0.220 e. The third kappa shape index (κ3) is 5.94. The number of benzene rings is 2. The van der Waals surface area contributed by atoms with Gasteiger partial charge in [-0.25, -0.2) is 0 Å². The molecule has 2 aromatic carbocycles. The molecule has 4 heteroatoms. The smallest absolute Gasteiger partial charge is 0.220 e. The van der Waals surface area contributed by atoms with E-state index >= 15 is 0 Å². The van der Waals surface area contributed by atoms with Crippen molar-refractivity contribution in [1.82, 2.24) is 15.2 Å². The van der Waals surface area contributed by atoms with Gasteiger partial charge in [-0.2, -0.15) is 0 Å². The molecule has 0 radical (unpaired) electrons. The van der Waals surface area contributed by atoms with Gasteiger partial charge in [-0.05, 0) is 49.5 Å². The van der Waals surface area contributed by atoms with Gasteiger partial charge in [-0.15, -0.1) is 0 Å². The van der Waals surface area contributed by atoms with Crippen LogP contribution < -0.4 is 5.32 Å². The van der Waals surface area contributed by atoms with E-state index in [0.717, 1.165) is 37.9 Å². The third-order valence-corrected chi connectivity index (χ3v) is 5.70. The minimum absolute atomic E-state index is 0.148. The van der Waals surface area contributed by atoms with Crippen molar-refractivity contribution in [1.29, 1.82) is 0 Å². The highest BCUT2D eigenvalue weighted by molar-refractivity contribution is 5.83. The summed E-state index contributed by atoms with van der Waals surface area (Å²) in [5.41, 5.74) is 3.77. The van der Waals surface area contributed by atoms with Crippen molar-refractivity contribution >= 4 is 16.8 Å². The highest BCUT2D eigenvalue weighted by Gasteiger charge is 2.17.